The molecule has 190 valence electrons. The number of amides is 2. The zero-order valence-corrected chi connectivity index (χ0v) is 19.8. The molecule has 1 aromatic heterocycles. The fourth-order valence-electron chi connectivity index (χ4n) is 3.71. The fraction of sp³-hybridized carbons (Fsp3) is 0.409. The quantitative estimate of drug-likeness (QED) is 0.397. The van der Waals surface area contributed by atoms with Gasteiger partial charge in [0.05, 0.1) is 6.20 Å². The van der Waals surface area contributed by atoms with E-state index >= 15 is 0 Å². The summed E-state index contributed by atoms with van der Waals surface area (Å²) in [6.07, 6.45) is 3.01. The van der Waals surface area contributed by atoms with Crippen LogP contribution >= 0.6 is 23.2 Å². The van der Waals surface area contributed by atoms with Gasteiger partial charge < -0.3 is 14.8 Å². The van der Waals surface area contributed by atoms with Crippen molar-refractivity contribution >= 4 is 40.7 Å². The third-order valence-corrected chi connectivity index (χ3v) is 5.71. The second-order valence-electron chi connectivity index (χ2n) is 7.84. The predicted molar refractivity (Wildman–Crippen MR) is 120 cm³/mol. The Balaban J connectivity index is 2.11. The number of rotatable bonds is 8. The number of alkyl halides is 5. The summed E-state index contributed by atoms with van der Waals surface area (Å²) in [4.78, 5) is 31.1. The Bertz CT molecular complexity index is 1050. The summed E-state index contributed by atoms with van der Waals surface area (Å²) in [7, 11) is 0. The summed E-state index contributed by atoms with van der Waals surface area (Å²) in [6, 6.07) is 4.98. The van der Waals surface area contributed by atoms with Crippen molar-refractivity contribution in [1.82, 2.24) is 10.3 Å². The monoisotopic (exact) mass is 537 g/mol. The lowest BCUT2D eigenvalue weighted by Crippen LogP contribution is -2.60. The maximum absolute atomic E-state index is 14.2. The van der Waals surface area contributed by atoms with Crippen molar-refractivity contribution in [2.45, 2.75) is 42.5 Å². The summed E-state index contributed by atoms with van der Waals surface area (Å²) in [6.45, 7) is 2.06. The van der Waals surface area contributed by atoms with Crippen molar-refractivity contribution in [2.24, 2.45) is 0 Å². The molecule has 0 aliphatic carbocycles. The molecular weight excluding hydrogens is 517 g/mol. The van der Waals surface area contributed by atoms with Gasteiger partial charge in [0, 0.05) is 48.3 Å². The molecule has 0 radical (unpaired) electrons. The number of hydrogen-bond donors (Lipinski definition) is 1. The van der Waals surface area contributed by atoms with Gasteiger partial charge in [-0.25, -0.2) is 8.78 Å². The summed E-state index contributed by atoms with van der Waals surface area (Å²) in [5, 5.41) is 2.79. The first-order valence-electron chi connectivity index (χ1n) is 10.4. The number of nitrogens with one attached hydrogen (secondary N) is 1. The first kappa shape index (κ1) is 27.0. The van der Waals surface area contributed by atoms with Gasteiger partial charge in [-0.05, 0) is 50.1 Å². The minimum atomic E-state index is -4.00. The molecular formula is C22H21Cl2F4N3O4. The maximum atomic E-state index is 14.2. The third-order valence-electron chi connectivity index (χ3n) is 5.45. The second-order valence-corrected chi connectivity index (χ2v) is 8.66. The summed E-state index contributed by atoms with van der Waals surface area (Å²) in [5.74, 6) is -3.30. The number of carbonyl (C=O) groups is 2. The molecule has 1 aromatic carbocycles. The molecule has 0 spiro atoms. The van der Waals surface area contributed by atoms with Gasteiger partial charge >= 0.3 is 5.57 Å². The summed E-state index contributed by atoms with van der Waals surface area (Å²) in [5.41, 5.74) is -8.84. The standard InChI is InChI=1S/C22H21Cl2F4N3O4/c1-21(13-10-14(25)12-29-11-13,20(33)30-15-6-8-34-9-7-15)31(19(32)18(23)26)16-2-4-17(5-3-16)35-22(24,27)28/h2-5,10-12,15,18H,6-9H2,1H3,(H,30,33)/t18-,21?/m0/s1. The Kier molecular flexibility index (Phi) is 8.45. The normalized spacial score (nSPS) is 17.2. The number of halogens is 6. The van der Waals surface area contributed by atoms with Crippen LogP contribution < -0.4 is 15.0 Å². The zero-order valence-electron chi connectivity index (χ0n) is 18.3. The van der Waals surface area contributed by atoms with Crippen molar-refractivity contribution in [3.63, 3.8) is 0 Å². The highest BCUT2D eigenvalue weighted by atomic mass is 35.5. The highest BCUT2D eigenvalue weighted by Crippen LogP contribution is 2.37. The molecule has 0 bridgehead atoms. The van der Waals surface area contributed by atoms with Crippen molar-refractivity contribution < 1.29 is 36.6 Å². The van der Waals surface area contributed by atoms with Crippen LogP contribution in [0, 0.1) is 5.82 Å². The Hall–Kier alpha value is -2.63. The van der Waals surface area contributed by atoms with E-state index in [1.807, 2.05) is 0 Å². The summed E-state index contributed by atoms with van der Waals surface area (Å²) >= 11 is 10.2. The van der Waals surface area contributed by atoms with Crippen molar-refractivity contribution in [3.05, 3.63) is 54.1 Å². The van der Waals surface area contributed by atoms with E-state index in [9.17, 15) is 27.2 Å². The molecule has 2 amide bonds. The molecule has 7 nitrogen and oxygen atoms in total. The van der Waals surface area contributed by atoms with Crippen LogP contribution in [0.4, 0.5) is 23.2 Å². The van der Waals surface area contributed by atoms with E-state index in [-0.39, 0.29) is 23.0 Å². The molecule has 2 heterocycles. The van der Waals surface area contributed by atoms with Crippen LogP contribution in [0.25, 0.3) is 0 Å². The molecule has 0 saturated carbocycles. The van der Waals surface area contributed by atoms with Gasteiger partial charge in [-0.1, -0.05) is 11.6 Å². The number of ether oxygens (including phenoxy) is 2. The third kappa shape index (κ3) is 6.53. The number of pyridine rings is 1. The molecule has 1 fully saturated rings. The van der Waals surface area contributed by atoms with Gasteiger partial charge in [0.15, 0.2) is 5.54 Å². The molecule has 1 aliphatic heterocycles. The highest BCUT2D eigenvalue weighted by molar-refractivity contribution is 6.32. The van der Waals surface area contributed by atoms with E-state index < -0.39 is 34.4 Å². The number of carbonyl (C=O) groups excluding carboxylic acids is 2. The number of aromatic nitrogens is 1. The largest absolute Gasteiger partial charge is 0.487 e. The van der Waals surface area contributed by atoms with E-state index in [1.165, 1.54) is 6.92 Å². The summed E-state index contributed by atoms with van der Waals surface area (Å²) < 4.78 is 63.8. The predicted octanol–water partition coefficient (Wildman–Crippen LogP) is 4.47. The van der Waals surface area contributed by atoms with Crippen LogP contribution in [-0.4, -0.2) is 47.3 Å². The van der Waals surface area contributed by atoms with Crippen LogP contribution in [0.2, 0.25) is 0 Å². The molecule has 2 aromatic rings. The van der Waals surface area contributed by atoms with Gasteiger partial charge in [0.25, 0.3) is 17.4 Å². The fourth-order valence-corrected chi connectivity index (χ4v) is 3.89. The van der Waals surface area contributed by atoms with Crippen LogP contribution in [0.1, 0.15) is 25.3 Å². The number of benzene rings is 1. The molecule has 1 N–H and O–H groups in total. The van der Waals surface area contributed by atoms with Gasteiger partial charge in [0.1, 0.15) is 11.6 Å². The van der Waals surface area contributed by atoms with Crippen molar-refractivity contribution in [1.29, 1.82) is 0 Å². The molecule has 1 unspecified atom stereocenters. The van der Waals surface area contributed by atoms with E-state index in [2.05, 4.69) is 15.0 Å². The van der Waals surface area contributed by atoms with E-state index in [4.69, 9.17) is 27.9 Å². The average molecular weight is 538 g/mol. The molecule has 3 rings (SSSR count). The minimum absolute atomic E-state index is 0.0830. The molecule has 35 heavy (non-hydrogen) atoms. The lowest BCUT2D eigenvalue weighted by molar-refractivity contribution is -0.132. The van der Waals surface area contributed by atoms with E-state index in [0.717, 1.165) is 47.6 Å². The lowest BCUT2D eigenvalue weighted by atomic mass is 9.88. The Morgan fingerprint density at radius 1 is 1.23 bits per heavy atom. The Morgan fingerprint density at radius 2 is 1.86 bits per heavy atom. The van der Waals surface area contributed by atoms with Crippen LogP contribution in [0.15, 0.2) is 42.7 Å². The molecule has 2 atom stereocenters. The van der Waals surface area contributed by atoms with Gasteiger partial charge in [0.2, 0.25) is 0 Å². The molecule has 13 heteroatoms. The molecule has 1 saturated heterocycles. The number of nitrogens with zero attached hydrogens (tertiary/aromatic N) is 2. The van der Waals surface area contributed by atoms with Crippen LogP contribution in [0.5, 0.6) is 5.75 Å². The number of hydrogen-bond acceptors (Lipinski definition) is 5. The first-order chi connectivity index (χ1) is 16.4. The van der Waals surface area contributed by atoms with Crippen molar-refractivity contribution in [3.8, 4) is 5.75 Å². The van der Waals surface area contributed by atoms with Gasteiger partial charge in [-0.3, -0.25) is 19.5 Å². The van der Waals surface area contributed by atoms with Gasteiger partial charge in [-0.15, -0.1) is 8.78 Å². The minimum Gasteiger partial charge on any atom is -0.420 e. The van der Waals surface area contributed by atoms with Crippen molar-refractivity contribution in [2.75, 3.05) is 18.1 Å². The first-order valence-corrected chi connectivity index (χ1v) is 11.2. The Morgan fingerprint density at radius 3 is 2.40 bits per heavy atom. The zero-order chi connectivity index (χ0) is 25.8. The van der Waals surface area contributed by atoms with E-state index in [1.54, 1.807) is 0 Å². The SMILES string of the molecule is CC(C(=O)NC1CCOCC1)(c1cncc(F)c1)N(C(=O)[C@H](F)Cl)c1ccc(OC(F)(F)Cl)cc1. The smallest absolute Gasteiger partial charge is 0.420 e. The lowest BCUT2D eigenvalue weighted by Gasteiger charge is -2.41. The maximum Gasteiger partial charge on any atom is 0.487 e. The average Bonchev–Trinajstić information content (AvgIpc) is 2.79. The number of anilines is 1. The van der Waals surface area contributed by atoms with Gasteiger partial charge in [-0.2, -0.15) is 0 Å². The Labute approximate surface area is 208 Å². The van der Waals surface area contributed by atoms with Crippen LogP contribution in [-0.2, 0) is 19.9 Å². The van der Waals surface area contributed by atoms with Crippen LogP contribution in [0.3, 0.4) is 0 Å². The van der Waals surface area contributed by atoms with E-state index in [0.29, 0.717) is 26.1 Å². The highest BCUT2D eigenvalue weighted by Gasteiger charge is 2.47. The second kappa shape index (κ2) is 11.0. The topological polar surface area (TPSA) is 80.8 Å². The molecule has 1 aliphatic rings.